The highest BCUT2D eigenvalue weighted by atomic mass is 32.2. The van der Waals surface area contributed by atoms with E-state index in [-0.39, 0.29) is 0 Å². The minimum Gasteiger partial charge on any atom is -0.104 e. The summed E-state index contributed by atoms with van der Waals surface area (Å²) in [5.74, 6) is 0. The van der Waals surface area contributed by atoms with Crippen LogP contribution in [0.5, 0.6) is 0 Å². The number of allylic oxidation sites excluding steroid dienone is 1. The highest BCUT2D eigenvalue weighted by Crippen LogP contribution is 2.15. The second-order valence-corrected chi connectivity index (χ2v) is 2.32. The molecule has 0 fully saturated rings. The quantitative estimate of drug-likeness (QED) is 0.543. The third-order valence-corrected chi connectivity index (χ3v) is 1.43. The third kappa shape index (κ3) is 3.67. The summed E-state index contributed by atoms with van der Waals surface area (Å²) >= 11 is 1.60. The van der Waals surface area contributed by atoms with Crippen molar-refractivity contribution in [2.45, 2.75) is 13.3 Å². The van der Waals surface area contributed by atoms with Gasteiger partial charge in [0.15, 0.2) is 0 Å². The van der Waals surface area contributed by atoms with Crippen molar-refractivity contribution >= 4 is 11.8 Å². The van der Waals surface area contributed by atoms with E-state index in [1.165, 1.54) is 4.91 Å². The predicted molar refractivity (Wildman–Crippen MR) is 37.2 cm³/mol. The molecule has 0 amide bonds. The fourth-order valence-corrected chi connectivity index (χ4v) is 0.604. The summed E-state index contributed by atoms with van der Waals surface area (Å²) in [4.78, 5) is 1.18. The standard InChI is InChI=1S/C6H10S/c1-4-6(3)7-5-2/h5H,2-4H2,1H3. The van der Waals surface area contributed by atoms with Crippen molar-refractivity contribution in [3.8, 4) is 0 Å². The van der Waals surface area contributed by atoms with Crippen LogP contribution in [0.1, 0.15) is 13.3 Å². The van der Waals surface area contributed by atoms with Gasteiger partial charge < -0.3 is 0 Å². The van der Waals surface area contributed by atoms with E-state index in [0.717, 1.165) is 6.42 Å². The van der Waals surface area contributed by atoms with Crippen molar-refractivity contribution in [3.05, 3.63) is 23.5 Å². The zero-order valence-electron chi connectivity index (χ0n) is 4.61. The molecule has 0 rings (SSSR count). The van der Waals surface area contributed by atoms with Crippen LogP contribution in [0.25, 0.3) is 0 Å². The van der Waals surface area contributed by atoms with E-state index in [1.807, 2.05) is 0 Å². The highest BCUT2D eigenvalue weighted by molar-refractivity contribution is 8.05. The number of rotatable bonds is 3. The van der Waals surface area contributed by atoms with Gasteiger partial charge >= 0.3 is 0 Å². The van der Waals surface area contributed by atoms with Crippen LogP contribution in [0.15, 0.2) is 23.5 Å². The Kier molecular flexibility index (Phi) is 3.90. The topological polar surface area (TPSA) is 0 Å². The van der Waals surface area contributed by atoms with Crippen LogP contribution < -0.4 is 0 Å². The van der Waals surface area contributed by atoms with E-state index in [4.69, 9.17) is 0 Å². The van der Waals surface area contributed by atoms with Gasteiger partial charge in [0.1, 0.15) is 0 Å². The lowest BCUT2D eigenvalue weighted by Crippen LogP contribution is -1.61. The van der Waals surface area contributed by atoms with Gasteiger partial charge in [-0.2, -0.15) is 0 Å². The van der Waals surface area contributed by atoms with Gasteiger partial charge in [-0.1, -0.05) is 20.1 Å². The van der Waals surface area contributed by atoms with Gasteiger partial charge in [-0.15, -0.1) is 11.8 Å². The van der Waals surface area contributed by atoms with Gasteiger partial charge in [-0.25, -0.2) is 0 Å². The van der Waals surface area contributed by atoms with Crippen molar-refractivity contribution in [2.75, 3.05) is 0 Å². The predicted octanol–water partition coefficient (Wildman–Crippen LogP) is 2.79. The lowest BCUT2D eigenvalue weighted by molar-refractivity contribution is 1.21. The number of thioether (sulfide) groups is 1. The Morgan fingerprint density at radius 2 is 2.43 bits per heavy atom. The highest BCUT2D eigenvalue weighted by Gasteiger charge is 1.81. The third-order valence-electron chi connectivity index (χ3n) is 0.644. The van der Waals surface area contributed by atoms with Crippen LogP contribution in [0.4, 0.5) is 0 Å². The van der Waals surface area contributed by atoms with E-state index in [0.29, 0.717) is 0 Å². The lowest BCUT2D eigenvalue weighted by Gasteiger charge is -1.90. The van der Waals surface area contributed by atoms with Crippen LogP contribution in [-0.2, 0) is 0 Å². The van der Waals surface area contributed by atoms with Gasteiger partial charge in [0.2, 0.25) is 0 Å². The fourth-order valence-electron chi connectivity index (χ4n) is 0.201. The maximum absolute atomic E-state index is 3.75. The largest absolute Gasteiger partial charge is 0.104 e. The van der Waals surface area contributed by atoms with E-state index in [9.17, 15) is 0 Å². The smallest absolute Gasteiger partial charge is 0.0183 e. The average molecular weight is 114 g/mol. The molecule has 0 aliphatic carbocycles. The normalized spacial score (nSPS) is 8.14. The maximum Gasteiger partial charge on any atom is -0.0183 e. The second kappa shape index (κ2) is 4.00. The van der Waals surface area contributed by atoms with Crippen LogP contribution in [0.2, 0.25) is 0 Å². The summed E-state index contributed by atoms with van der Waals surface area (Å²) in [6.07, 6.45) is 1.04. The molecule has 0 aromatic carbocycles. The van der Waals surface area contributed by atoms with Crippen LogP contribution >= 0.6 is 11.8 Å². The molecule has 0 N–H and O–H groups in total. The molecule has 0 saturated carbocycles. The maximum atomic E-state index is 3.75. The molecule has 0 aliphatic heterocycles. The summed E-state index contributed by atoms with van der Waals surface area (Å²) in [7, 11) is 0. The van der Waals surface area contributed by atoms with E-state index in [2.05, 4.69) is 20.1 Å². The molecule has 7 heavy (non-hydrogen) atoms. The van der Waals surface area contributed by atoms with Gasteiger partial charge in [0.05, 0.1) is 0 Å². The molecule has 0 bridgehead atoms. The first-order chi connectivity index (χ1) is 3.31. The van der Waals surface area contributed by atoms with Crippen LogP contribution in [0, 0.1) is 0 Å². The Balaban J connectivity index is 3.17. The summed E-state index contributed by atoms with van der Waals surface area (Å²) in [5, 5.41) is 1.80. The van der Waals surface area contributed by atoms with Crippen molar-refractivity contribution in [2.24, 2.45) is 0 Å². The Bertz CT molecular complexity index is 74.2. The molecule has 0 aliphatic rings. The van der Waals surface area contributed by atoms with Crippen molar-refractivity contribution in [3.63, 3.8) is 0 Å². The minimum absolute atomic E-state index is 1.04. The molecule has 0 aromatic rings. The van der Waals surface area contributed by atoms with Crippen molar-refractivity contribution < 1.29 is 0 Å². The van der Waals surface area contributed by atoms with Crippen molar-refractivity contribution in [1.82, 2.24) is 0 Å². The Hall–Kier alpha value is -0.170. The van der Waals surface area contributed by atoms with Gasteiger partial charge in [-0.05, 0) is 16.7 Å². The number of hydrogen-bond donors (Lipinski definition) is 0. The number of hydrogen-bond acceptors (Lipinski definition) is 1. The summed E-state index contributed by atoms with van der Waals surface area (Å²) < 4.78 is 0. The van der Waals surface area contributed by atoms with Crippen LogP contribution in [0.3, 0.4) is 0 Å². The molecule has 0 radical (unpaired) electrons. The molecule has 0 saturated heterocycles. The van der Waals surface area contributed by atoms with Crippen molar-refractivity contribution in [1.29, 1.82) is 0 Å². The Morgan fingerprint density at radius 3 is 2.57 bits per heavy atom. The zero-order chi connectivity index (χ0) is 5.70. The minimum atomic E-state index is 1.04. The van der Waals surface area contributed by atoms with Gasteiger partial charge in [0.25, 0.3) is 0 Å². The monoisotopic (exact) mass is 114 g/mol. The first-order valence-corrected chi connectivity index (χ1v) is 3.14. The summed E-state index contributed by atoms with van der Waals surface area (Å²) in [5.41, 5.74) is 0. The van der Waals surface area contributed by atoms with Gasteiger partial charge in [-0.3, -0.25) is 0 Å². The molecule has 0 nitrogen and oxygen atoms in total. The Labute approximate surface area is 49.3 Å². The Morgan fingerprint density at radius 1 is 1.86 bits per heavy atom. The molecule has 0 spiro atoms. The van der Waals surface area contributed by atoms with Crippen LogP contribution in [-0.4, -0.2) is 0 Å². The SMILES string of the molecule is C=CSC(=C)CC. The fraction of sp³-hybridized carbons (Fsp3) is 0.333. The first-order valence-electron chi connectivity index (χ1n) is 2.26. The molecule has 1 heteroatoms. The van der Waals surface area contributed by atoms with E-state index in [1.54, 1.807) is 17.2 Å². The van der Waals surface area contributed by atoms with E-state index >= 15 is 0 Å². The molecule has 0 atom stereocenters. The molecule has 40 valence electrons. The first kappa shape index (κ1) is 6.83. The molecule has 0 heterocycles. The zero-order valence-corrected chi connectivity index (χ0v) is 5.42. The summed E-state index contributed by atoms with van der Waals surface area (Å²) in [6.45, 7) is 9.39. The molecular formula is C6H10S. The second-order valence-electron chi connectivity index (χ2n) is 1.18. The lowest BCUT2D eigenvalue weighted by atomic mass is 10.5. The summed E-state index contributed by atoms with van der Waals surface area (Å²) in [6, 6.07) is 0. The molecular weight excluding hydrogens is 104 g/mol. The van der Waals surface area contributed by atoms with E-state index < -0.39 is 0 Å². The van der Waals surface area contributed by atoms with Gasteiger partial charge in [0, 0.05) is 0 Å². The molecule has 0 unspecified atom stereocenters. The molecule has 0 aromatic heterocycles. The average Bonchev–Trinajstić information content (AvgIpc) is 1.68.